The van der Waals surface area contributed by atoms with Crippen molar-refractivity contribution in [2.45, 2.75) is 26.7 Å². The van der Waals surface area contributed by atoms with Crippen LogP contribution in [0.25, 0.3) is 0 Å². The van der Waals surface area contributed by atoms with E-state index < -0.39 is 5.41 Å². The van der Waals surface area contributed by atoms with Crippen LogP contribution < -0.4 is 9.64 Å². The fourth-order valence-electron chi connectivity index (χ4n) is 3.20. The van der Waals surface area contributed by atoms with Gasteiger partial charge in [0.1, 0.15) is 11.2 Å². The summed E-state index contributed by atoms with van der Waals surface area (Å²) < 4.78 is 5.78. The van der Waals surface area contributed by atoms with Crippen molar-refractivity contribution in [2.75, 3.05) is 18.1 Å². The molecule has 130 valence electrons. The first-order valence-electron chi connectivity index (χ1n) is 8.71. The van der Waals surface area contributed by atoms with Gasteiger partial charge in [-0.25, -0.2) is 0 Å². The molecule has 4 nitrogen and oxygen atoms in total. The van der Waals surface area contributed by atoms with E-state index in [0.717, 1.165) is 12.1 Å². The van der Waals surface area contributed by atoms with Gasteiger partial charge in [-0.2, -0.15) is 0 Å². The van der Waals surface area contributed by atoms with Gasteiger partial charge in [-0.15, -0.1) is 0 Å². The van der Waals surface area contributed by atoms with Crippen molar-refractivity contribution in [2.24, 2.45) is 5.41 Å². The SMILES string of the molecule is CCCOc1ccccc1N1CC[C@@](C)(C(=O)c2ccccc2)C1=O. The summed E-state index contributed by atoms with van der Waals surface area (Å²) in [6.45, 7) is 4.90. The molecule has 0 bridgehead atoms. The Labute approximate surface area is 148 Å². The molecule has 0 spiro atoms. The van der Waals surface area contributed by atoms with E-state index in [1.165, 1.54) is 0 Å². The molecular weight excluding hydrogens is 314 g/mol. The predicted octanol–water partition coefficient (Wildman–Crippen LogP) is 4.10. The maximum absolute atomic E-state index is 13.1. The van der Waals surface area contributed by atoms with E-state index >= 15 is 0 Å². The molecule has 2 aromatic rings. The Morgan fingerprint density at radius 3 is 2.52 bits per heavy atom. The Morgan fingerprint density at radius 1 is 1.12 bits per heavy atom. The fourth-order valence-corrected chi connectivity index (χ4v) is 3.20. The predicted molar refractivity (Wildman–Crippen MR) is 98.1 cm³/mol. The number of rotatable bonds is 6. The van der Waals surface area contributed by atoms with Crippen LogP contribution in [0, 0.1) is 5.41 Å². The molecule has 1 heterocycles. The number of amides is 1. The van der Waals surface area contributed by atoms with Crippen molar-refractivity contribution in [1.82, 2.24) is 0 Å². The third-order valence-corrected chi connectivity index (χ3v) is 4.71. The largest absolute Gasteiger partial charge is 0.491 e. The summed E-state index contributed by atoms with van der Waals surface area (Å²) in [5.74, 6) is 0.413. The van der Waals surface area contributed by atoms with Crippen molar-refractivity contribution in [3.63, 3.8) is 0 Å². The average Bonchev–Trinajstić information content (AvgIpc) is 2.96. The van der Waals surface area contributed by atoms with E-state index in [2.05, 4.69) is 0 Å². The van der Waals surface area contributed by atoms with E-state index in [0.29, 0.717) is 30.9 Å². The minimum Gasteiger partial charge on any atom is -0.491 e. The Hall–Kier alpha value is -2.62. The molecule has 0 unspecified atom stereocenters. The van der Waals surface area contributed by atoms with Crippen molar-refractivity contribution >= 4 is 17.4 Å². The quantitative estimate of drug-likeness (QED) is 0.589. The Balaban J connectivity index is 1.88. The maximum Gasteiger partial charge on any atom is 0.240 e. The van der Waals surface area contributed by atoms with E-state index in [4.69, 9.17) is 4.74 Å². The van der Waals surface area contributed by atoms with Gasteiger partial charge in [0.15, 0.2) is 5.78 Å². The summed E-state index contributed by atoms with van der Waals surface area (Å²) in [6.07, 6.45) is 1.40. The van der Waals surface area contributed by atoms with Gasteiger partial charge < -0.3 is 9.64 Å². The molecule has 4 heteroatoms. The van der Waals surface area contributed by atoms with Crippen LogP contribution in [-0.4, -0.2) is 24.8 Å². The van der Waals surface area contributed by atoms with Crippen LogP contribution >= 0.6 is 0 Å². The summed E-state index contributed by atoms with van der Waals surface area (Å²) in [7, 11) is 0. The number of carbonyl (C=O) groups is 2. The Bertz CT molecular complexity index is 772. The highest BCUT2D eigenvalue weighted by Gasteiger charge is 2.49. The van der Waals surface area contributed by atoms with Crippen molar-refractivity contribution in [3.8, 4) is 5.75 Å². The molecular formula is C21H23NO3. The lowest BCUT2D eigenvalue weighted by molar-refractivity contribution is -0.122. The molecule has 25 heavy (non-hydrogen) atoms. The van der Waals surface area contributed by atoms with Crippen molar-refractivity contribution in [3.05, 3.63) is 60.2 Å². The highest BCUT2D eigenvalue weighted by Crippen LogP contribution is 2.40. The van der Waals surface area contributed by atoms with Crippen LogP contribution in [0.1, 0.15) is 37.0 Å². The minimum absolute atomic E-state index is 0.118. The zero-order valence-corrected chi connectivity index (χ0v) is 14.7. The van der Waals surface area contributed by atoms with Crippen LogP contribution in [0.15, 0.2) is 54.6 Å². The molecule has 1 saturated heterocycles. The molecule has 0 radical (unpaired) electrons. The molecule has 1 aliphatic heterocycles. The summed E-state index contributed by atoms with van der Waals surface area (Å²) in [4.78, 5) is 27.7. The molecule has 2 aromatic carbocycles. The number of para-hydroxylation sites is 2. The standard InChI is InChI=1S/C21H23NO3/c1-3-15-25-18-12-8-7-11-17(18)22-14-13-21(2,20(22)24)19(23)16-9-5-4-6-10-16/h4-12H,3,13-15H2,1-2H3/t21-/m0/s1. The van der Waals surface area contributed by atoms with E-state index in [1.54, 1.807) is 24.0 Å². The molecule has 1 amide bonds. The number of hydrogen-bond acceptors (Lipinski definition) is 3. The van der Waals surface area contributed by atoms with Crippen LogP contribution in [0.5, 0.6) is 5.75 Å². The van der Waals surface area contributed by atoms with Crippen molar-refractivity contribution in [1.29, 1.82) is 0 Å². The van der Waals surface area contributed by atoms with Gasteiger partial charge in [-0.1, -0.05) is 49.4 Å². The molecule has 0 aliphatic carbocycles. The smallest absolute Gasteiger partial charge is 0.240 e. The zero-order chi connectivity index (χ0) is 17.9. The van der Waals surface area contributed by atoms with E-state index in [9.17, 15) is 9.59 Å². The lowest BCUT2D eigenvalue weighted by atomic mass is 9.81. The van der Waals surface area contributed by atoms with Crippen LogP contribution in [-0.2, 0) is 4.79 Å². The van der Waals surface area contributed by atoms with Gasteiger partial charge in [0.05, 0.1) is 12.3 Å². The lowest BCUT2D eigenvalue weighted by Gasteiger charge is -2.24. The number of carbonyl (C=O) groups excluding carboxylic acids is 2. The third-order valence-electron chi connectivity index (χ3n) is 4.71. The maximum atomic E-state index is 13.1. The normalized spacial score (nSPS) is 19.9. The molecule has 0 N–H and O–H groups in total. The number of benzene rings is 2. The number of nitrogens with zero attached hydrogens (tertiary/aromatic N) is 1. The van der Waals surface area contributed by atoms with Gasteiger partial charge >= 0.3 is 0 Å². The van der Waals surface area contributed by atoms with Gasteiger partial charge in [-0.3, -0.25) is 9.59 Å². The second-order valence-electron chi connectivity index (χ2n) is 6.55. The Kier molecular flexibility index (Phi) is 4.88. The minimum atomic E-state index is -1.03. The molecule has 0 saturated carbocycles. The Morgan fingerprint density at radius 2 is 1.80 bits per heavy atom. The lowest BCUT2D eigenvalue weighted by Crippen LogP contribution is -2.38. The molecule has 1 aliphatic rings. The summed E-state index contributed by atoms with van der Waals surface area (Å²) in [6, 6.07) is 16.6. The number of ether oxygens (including phenoxy) is 1. The highest BCUT2D eigenvalue weighted by molar-refractivity contribution is 6.19. The first-order valence-corrected chi connectivity index (χ1v) is 8.71. The topological polar surface area (TPSA) is 46.6 Å². The first kappa shape index (κ1) is 17.2. The van der Waals surface area contributed by atoms with Gasteiger partial charge in [0.2, 0.25) is 5.91 Å². The van der Waals surface area contributed by atoms with Crippen molar-refractivity contribution < 1.29 is 14.3 Å². The van der Waals surface area contributed by atoms with E-state index in [1.807, 2.05) is 49.4 Å². The zero-order valence-electron chi connectivity index (χ0n) is 14.7. The first-order chi connectivity index (χ1) is 12.1. The second kappa shape index (κ2) is 7.09. The fraction of sp³-hybridized carbons (Fsp3) is 0.333. The number of Topliss-reactive ketones (excluding diaryl/α,β-unsaturated/α-hetero) is 1. The van der Waals surface area contributed by atoms with Crippen LogP contribution in [0.2, 0.25) is 0 Å². The van der Waals surface area contributed by atoms with Gasteiger partial charge in [0.25, 0.3) is 0 Å². The van der Waals surface area contributed by atoms with Crippen LogP contribution in [0.3, 0.4) is 0 Å². The summed E-state index contributed by atoms with van der Waals surface area (Å²) in [5, 5.41) is 0. The summed E-state index contributed by atoms with van der Waals surface area (Å²) in [5.41, 5.74) is 0.292. The average molecular weight is 337 g/mol. The van der Waals surface area contributed by atoms with Gasteiger partial charge in [0, 0.05) is 12.1 Å². The molecule has 0 aromatic heterocycles. The highest BCUT2D eigenvalue weighted by atomic mass is 16.5. The molecule has 1 fully saturated rings. The molecule has 1 atom stereocenters. The van der Waals surface area contributed by atoms with Crippen LogP contribution in [0.4, 0.5) is 5.69 Å². The second-order valence-corrected chi connectivity index (χ2v) is 6.55. The molecule has 3 rings (SSSR count). The third kappa shape index (κ3) is 3.16. The van der Waals surface area contributed by atoms with Gasteiger partial charge in [-0.05, 0) is 31.9 Å². The summed E-state index contributed by atoms with van der Waals surface area (Å²) >= 11 is 0. The van der Waals surface area contributed by atoms with E-state index in [-0.39, 0.29) is 11.7 Å². The number of anilines is 1. The number of ketones is 1. The number of hydrogen-bond donors (Lipinski definition) is 0. The monoisotopic (exact) mass is 337 g/mol.